The second kappa shape index (κ2) is 4.75. The molecule has 0 atom stereocenters. The summed E-state index contributed by atoms with van der Waals surface area (Å²) in [6.45, 7) is 0.912. The van der Waals surface area contributed by atoms with Gasteiger partial charge in [-0.25, -0.2) is 0 Å². The first-order valence-electron chi connectivity index (χ1n) is 5.04. The minimum atomic E-state index is 0.0609. The van der Waals surface area contributed by atoms with Gasteiger partial charge in [0, 0.05) is 18.3 Å². The topological polar surface area (TPSA) is 38.1 Å². The zero-order valence-electron chi connectivity index (χ0n) is 8.50. The van der Waals surface area contributed by atoms with Crippen molar-refractivity contribution in [3.8, 4) is 0 Å². The Morgan fingerprint density at radius 2 is 1.93 bits per heavy atom. The molecule has 3 nitrogen and oxygen atoms in total. The first kappa shape index (κ1) is 9.93. The monoisotopic (exact) mass is 202 g/mol. The molecule has 0 aliphatic rings. The number of hydrogen-bond acceptors (Lipinski definition) is 2. The molecule has 0 aliphatic carbocycles. The molecule has 0 saturated carbocycles. The summed E-state index contributed by atoms with van der Waals surface area (Å²) in [5, 5.41) is 13.0. The highest BCUT2D eigenvalue weighted by Crippen LogP contribution is 2.02. The Morgan fingerprint density at radius 1 is 1.13 bits per heavy atom. The lowest BCUT2D eigenvalue weighted by molar-refractivity contribution is 0.281. The quantitative estimate of drug-likeness (QED) is 0.818. The molecule has 1 aromatic heterocycles. The number of hydrogen-bond donors (Lipinski definition) is 1. The highest BCUT2D eigenvalue weighted by atomic mass is 16.3. The Kier molecular flexibility index (Phi) is 3.15. The van der Waals surface area contributed by atoms with Gasteiger partial charge in [0.15, 0.2) is 0 Å². The summed E-state index contributed by atoms with van der Waals surface area (Å²) in [4.78, 5) is 0. The first-order valence-corrected chi connectivity index (χ1v) is 5.04. The summed E-state index contributed by atoms with van der Waals surface area (Å²) in [6, 6.07) is 10.3. The van der Waals surface area contributed by atoms with Gasteiger partial charge in [0.25, 0.3) is 0 Å². The Hall–Kier alpha value is -1.61. The predicted molar refractivity (Wildman–Crippen MR) is 58.3 cm³/mol. The Morgan fingerprint density at radius 3 is 2.60 bits per heavy atom. The van der Waals surface area contributed by atoms with E-state index in [0.29, 0.717) is 0 Å². The molecule has 2 aromatic rings. The van der Waals surface area contributed by atoms with Gasteiger partial charge >= 0.3 is 0 Å². The van der Waals surface area contributed by atoms with Crippen LogP contribution in [0.3, 0.4) is 0 Å². The molecule has 15 heavy (non-hydrogen) atoms. The van der Waals surface area contributed by atoms with Gasteiger partial charge in [0.1, 0.15) is 0 Å². The Labute approximate surface area is 89.0 Å². The smallest absolute Gasteiger partial charge is 0.0712 e. The average molecular weight is 202 g/mol. The van der Waals surface area contributed by atoms with Crippen LogP contribution in [0.2, 0.25) is 0 Å². The third kappa shape index (κ3) is 2.67. The van der Waals surface area contributed by atoms with Crippen molar-refractivity contribution < 1.29 is 5.11 Å². The second-order valence-electron chi connectivity index (χ2n) is 3.51. The van der Waals surface area contributed by atoms with Crippen LogP contribution < -0.4 is 0 Å². The largest absolute Gasteiger partial charge is 0.392 e. The van der Waals surface area contributed by atoms with Gasteiger partial charge in [-0.1, -0.05) is 30.3 Å². The van der Waals surface area contributed by atoms with E-state index in [1.807, 2.05) is 29.1 Å². The molecule has 1 N–H and O–H groups in total. The van der Waals surface area contributed by atoms with E-state index in [9.17, 15) is 0 Å². The standard InChI is InChI=1S/C12H14N2O/c15-10-12-8-13-14(9-12)7-6-11-4-2-1-3-5-11/h1-5,8-9,15H,6-7,10H2. The van der Waals surface area contributed by atoms with Crippen molar-refractivity contribution in [3.05, 3.63) is 53.9 Å². The van der Waals surface area contributed by atoms with Gasteiger partial charge in [0.05, 0.1) is 12.8 Å². The summed E-state index contributed by atoms with van der Waals surface area (Å²) in [7, 11) is 0. The maximum absolute atomic E-state index is 8.88. The molecule has 0 aliphatic heterocycles. The fourth-order valence-electron chi connectivity index (χ4n) is 1.50. The van der Waals surface area contributed by atoms with Crippen LogP contribution in [0.25, 0.3) is 0 Å². The van der Waals surface area contributed by atoms with Crippen molar-refractivity contribution >= 4 is 0 Å². The molecule has 0 spiro atoms. The van der Waals surface area contributed by atoms with Gasteiger partial charge in [-0.15, -0.1) is 0 Å². The van der Waals surface area contributed by atoms with E-state index >= 15 is 0 Å². The van der Waals surface area contributed by atoms with E-state index in [0.717, 1.165) is 18.5 Å². The zero-order valence-corrected chi connectivity index (χ0v) is 8.50. The lowest BCUT2D eigenvalue weighted by Gasteiger charge is -2.01. The fourth-order valence-corrected chi connectivity index (χ4v) is 1.50. The van der Waals surface area contributed by atoms with E-state index in [4.69, 9.17) is 5.11 Å². The maximum atomic E-state index is 8.88. The van der Waals surface area contributed by atoms with E-state index in [2.05, 4.69) is 17.2 Å². The minimum absolute atomic E-state index is 0.0609. The van der Waals surface area contributed by atoms with E-state index in [-0.39, 0.29) is 6.61 Å². The first-order chi connectivity index (χ1) is 7.38. The van der Waals surface area contributed by atoms with E-state index in [1.165, 1.54) is 5.56 Å². The minimum Gasteiger partial charge on any atom is -0.392 e. The Balaban J connectivity index is 1.93. The molecular weight excluding hydrogens is 188 g/mol. The van der Waals surface area contributed by atoms with Gasteiger partial charge < -0.3 is 5.11 Å². The fraction of sp³-hybridized carbons (Fsp3) is 0.250. The van der Waals surface area contributed by atoms with Crippen molar-refractivity contribution in [2.75, 3.05) is 0 Å². The van der Waals surface area contributed by atoms with Crippen LogP contribution in [0.15, 0.2) is 42.7 Å². The molecular formula is C12H14N2O. The van der Waals surface area contributed by atoms with Crippen LogP contribution in [0, 0.1) is 0 Å². The van der Waals surface area contributed by atoms with Crippen molar-refractivity contribution in [2.24, 2.45) is 0 Å². The molecule has 0 amide bonds. The van der Waals surface area contributed by atoms with Crippen molar-refractivity contribution in [2.45, 2.75) is 19.6 Å². The number of aliphatic hydroxyl groups excluding tert-OH is 1. The summed E-state index contributed by atoms with van der Waals surface area (Å²) in [6.07, 6.45) is 4.54. The average Bonchev–Trinajstić information content (AvgIpc) is 2.76. The van der Waals surface area contributed by atoms with Crippen LogP contribution in [-0.4, -0.2) is 14.9 Å². The number of aryl methyl sites for hydroxylation is 2. The number of nitrogens with zero attached hydrogens (tertiary/aromatic N) is 2. The van der Waals surface area contributed by atoms with Gasteiger partial charge in [-0.3, -0.25) is 4.68 Å². The van der Waals surface area contributed by atoms with Crippen LogP contribution in [-0.2, 0) is 19.6 Å². The van der Waals surface area contributed by atoms with Gasteiger partial charge in [-0.05, 0) is 12.0 Å². The van der Waals surface area contributed by atoms with Crippen LogP contribution in [0.4, 0.5) is 0 Å². The third-order valence-corrected chi connectivity index (χ3v) is 2.34. The van der Waals surface area contributed by atoms with Crippen LogP contribution in [0.5, 0.6) is 0 Å². The van der Waals surface area contributed by atoms with E-state index < -0.39 is 0 Å². The summed E-state index contributed by atoms with van der Waals surface area (Å²) < 4.78 is 1.86. The highest BCUT2D eigenvalue weighted by Gasteiger charge is 1.97. The van der Waals surface area contributed by atoms with Crippen molar-refractivity contribution in [1.82, 2.24) is 9.78 Å². The molecule has 0 unspecified atom stereocenters. The maximum Gasteiger partial charge on any atom is 0.0712 e. The van der Waals surface area contributed by atoms with Crippen molar-refractivity contribution in [1.29, 1.82) is 0 Å². The normalized spacial score (nSPS) is 10.5. The zero-order chi connectivity index (χ0) is 10.5. The second-order valence-corrected chi connectivity index (χ2v) is 3.51. The van der Waals surface area contributed by atoms with E-state index in [1.54, 1.807) is 6.20 Å². The molecule has 0 radical (unpaired) electrons. The van der Waals surface area contributed by atoms with Gasteiger partial charge in [-0.2, -0.15) is 5.10 Å². The molecule has 0 fully saturated rings. The lowest BCUT2D eigenvalue weighted by Crippen LogP contribution is -2.01. The van der Waals surface area contributed by atoms with Crippen molar-refractivity contribution in [3.63, 3.8) is 0 Å². The molecule has 2 rings (SSSR count). The molecule has 0 saturated heterocycles. The van der Waals surface area contributed by atoms with Gasteiger partial charge in [0.2, 0.25) is 0 Å². The third-order valence-electron chi connectivity index (χ3n) is 2.34. The Bertz CT molecular complexity index is 409. The number of benzene rings is 1. The lowest BCUT2D eigenvalue weighted by atomic mass is 10.1. The highest BCUT2D eigenvalue weighted by molar-refractivity contribution is 5.14. The number of rotatable bonds is 4. The molecule has 78 valence electrons. The number of aliphatic hydroxyl groups is 1. The predicted octanol–water partition coefficient (Wildman–Crippen LogP) is 1.62. The summed E-state index contributed by atoms with van der Waals surface area (Å²) >= 11 is 0. The SMILES string of the molecule is OCc1cnn(CCc2ccccc2)c1. The molecule has 1 aromatic carbocycles. The molecule has 0 bridgehead atoms. The number of aromatic nitrogens is 2. The summed E-state index contributed by atoms with van der Waals surface area (Å²) in [5.41, 5.74) is 2.17. The van der Waals surface area contributed by atoms with Crippen LogP contribution >= 0.6 is 0 Å². The summed E-state index contributed by atoms with van der Waals surface area (Å²) in [5.74, 6) is 0. The molecule has 1 heterocycles. The van der Waals surface area contributed by atoms with Crippen LogP contribution in [0.1, 0.15) is 11.1 Å². The molecule has 3 heteroatoms.